The van der Waals surface area contributed by atoms with E-state index in [2.05, 4.69) is 30.3 Å². The van der Waals surface area contributed by atoms with Gasteiger partial charge in [0.05, 0.1) is 17.5 Å². The third-order valence-electron chi connectivity index (χ3n) is 4.83. The highest BCUT2D eigenvalue weighted by Crippen LogP contribution is 2.54. The number of amides is 2. The Bertz CT molecular complexity index is 1270. The fourth-order valence-electron chi connectivity index (χ4n) is 3.45. The molecule has 1 fully saturated rings. The number of thiazole rings is 1. The van der Waals surface area contributed by atoms with E-state index in [1.54, 1.807) is 5.38 Å². The minimum atomic E-state index is -1.50. The van der Waals surface area contributed by atoms with Gasteiger partial charge in [-0.05, 0) is 0 Å². The zero-order chi connectivity index (χ0) is 24.5. The molecule has 2 aromatic rings. The van der Waals surface area contributed by atoms with Gasteiger partial charge in [-0.1, -0.05) is 28.7 Å². The third kappa shape index (κ3) is 4.38. The summed E-state index contributed by atoms with van der Waals surface area (Å²) in [7, 11) is 1.27. The zero-order valence-electron chi connectivity index (χ0n) is 17.4. The van der Waals surface area contributed by atoms with Gasteiger partial charge in [0.1, 0.15) is 19.0 Å². The summed E-state index contributed by atoms with van der Waals surface area (Å²) in [4.78, 5) is 64.4. The SMILES string of the molecule is CON=CC(=O)NC1(c2csc(N)n2)S[C@H]2CC(=O)N2C(C(=O)O)=C1CSc1nccc(=O)[nH]1. The fraction of sp³-hybridized carbons (Fsp3) is 0.278. The molecule has 5 N–H and O–H groups in total. The van der Waals surface area contributed by atoms with Crippen LogP contribution in [-0.4, -0.2) is 67.2 Å². The van der Waals surface area contributed by atoms with E-state index in [-0.39, 0.29) is 45.2 Å². The summed E-state index contributed by atoms with van der Waals surface area (Å²) in [6, 6.07) is 1.24. The Morgan fingerprint density at radius 1 is 1.53 bits per heavy atom. The molecule has 1 unspecified atom stereocenters. The van der Waals surface area contributed by atoms with Crippen molar-refractivity contribution < 1.29 is 24.3 Å². The molecule has 16 heteroatoms. The first-order chi connectivity index (χ1) is 16.2. The molecule has 178 valence electrons. The molecule has 0 spiro atoms. The maximum Gasteiger partial charge on any atom is 0.352 e. The Hall–Kier alpha value is -3.37. The van der Waals surface area contributed by atoms with Gasteiger partial charge in [0.25, 0.3) is 11.5 Å². The first-order valence-corrected chi connectivity index (χ1v) is 12.2. The second kappa shape index (κ2) is 9.47. The number of hydrogen-bond acceptors (Lipinski definition) is 12. The first kappa shape index (κ1) is 23.8. The molecule has 4 heterocycles. The van der Waals surface area contributed by atoms with Crippen molar-refractivity contribution >= 4 is 64.0 Å². The van der Waals surface area contributed by atoms with Gasteiger partial charge < -0.3 is 26.0 Å². The van der Waals surface area contributed by atoms with Crippen molar-refractivity contribution in [3.63, 3.8) is 0 Å². The molecule has 0 radical (unpaired) electrons. The highest BCUT2D eigenvalue weighted by molar-refractivity contribution is 8.01. The van der Waals surface area contributed by atoms with Crippen molar-refractivity contribution in [3.8, 4) is 0 Å². The van der Waals surface area contributed by atoms with E-state index in [0.717, 1.165) is 41.1 Å². The summed E-state index contributed by atoms with van der Waals surface area (Å²) in [5, 5.41) is 17.9. The number of carbonyl (C=O) groups excluding carboxylic acids is 2. The number of nitrogens with two attached hydrogens (primary N) is 1. The van der Waals surface area contributed by atoms with Gasteiger partial charge in [-0.3, -0.25) is 19.3 Å². The summed E-state index contributed by atoms with van der Waals surface area (Å²) in [6.07, 6.45) is 2.30. The molecular weight excluding hydrogens is 506 g/mol. The summed E-state index contributed by atoms with van der Waals surface area (Å²) >= 11 is 3.31. The van der Waals surface area contributed by atoms with E-state index in [9.17, 15) is 24.3 Å². The number of carboxylic acid groups (broad SMARTS) is 1. The maximum atomic E-state index is 12.7. The number of carboxylic acids is 1. The molecule has 2 atom stereocenters. The van der Waals surface area contributed by atoms with Crippen LogP contribution in [0.15, 0.2) is 44.0 Å². The van der Waals surface area contributed by atoms with Crippen LogP contribution in [0.5, 0.6) is 0 Å². The van der Waals surface area contributed by atoms with Gasteiger partial charge in [-0.15, -0.1) is 11.3 Å². The number of oxime groups is 1. The van der Waals surface area contributed by atoms with Crippen LogP contribution < -0.4 is 16.6 Å². The van der Waals surface area contributed by atoms with Crippen LogP contribution in [0.1, 0.15) is 12.1 Å². The van der Waals surface area contributed by atoms with Crippen LogP contribution in [0.4, 0.5) is 5.13 Å². The smallest absolute Gasteiger partial charge is 0.352 e. The van der Waals surface area contributed by atoms with Crippen molar-refractivity contribution in [3.05, 3.63) is 45.0 Å². The minimum absolute atomic E-state index is 0.0583. The molecule has 34 heavy (non-hydrogen) atoms. The van der Waals surface area contributed by atoms with Crippen molar-refractivity contribution in [1.82, 2.24) is 25.2 Å². The van der Waals surface area contributed by atoms with Crippen LogP contribution >= 0.6 is 34.9 Å². The lowest BCUT2D eigenvalue weighted by Gasteiger charge is -2.51. The summed E-state index contributed by atoms with van der Waals surface area (Å²) < 4.78 is 0. The number of aromatic nitrogens is 3. The number of carbonyl (C=O) groups is 3. The Labute approximate surface area is 203 Å². The topological polar surface area (TPSA) is 193 Å². The van der Waals surface area contributed by atoms with Crippen LogP contribution in [0.3, 0.4) is 0 Å². The van der Waals surface area contributed by atoms with Gasteiger partial charge in [0.2, 0.25) is 5.91 Å². The normalized spacial score (nSPS) is 21.9. The molecule has 2 aromatic heterocycles. The zero-order valence-corrected chi connectivity index (χ0v) is 19.8. The third-order valence-corrected chi connectivity index (χ3v) is 7.98. The second-order valence-corrected chi connectivity index (χ2v) is 10.1. The number of hydrogen-bond donors (Lipinski definition) is 4. The molecule has 2 amide bonds. The van der Waals surface area contributed by atoms with Crippen LogP contribution in [0.2, 0.25) is 0 Å². The predicted octanol–water partition coefficient (Wildman–Crippen LogP) is 0.146. The number of H-pyrrole nitrogens is 1. The highest BCUT2D eigenvalue weighted by atomic mass is 32.2. The summed E-state index contributed by atoms with van der Waals surface area (Å²) in [5.41, 5.74) is 5.66. The van der Waals surface area contributed by atoms with Gasteiger partial charge in [-0.2, -0.15) is 0 Å². The number of nitrogens with zero attached hydrogens (tertiary/aromatic N) is 4. The number of thioether (sulfide) groups is 2. The largest absolute Gasteiger partial charge is 0.477 e. The molecule has 13 nitrogen and oxygen atoms in total. The Balaban J connectivity index is 1.88. The van der Waals surface area contributed by atoms with Crippen molar-refractivity contribution in [2.45, 2.75) is 21.8 Å². The van der Waals surface area contributed by atoms with Crippen molar-refractivity contribution in [1.29, 1.82) is 0 Å². The van der Waals surface area contributed by atoms with Gasteiger partial charge in [-0.25, -0.2) is 14.8 Å². The van der Waals surface area contributed by atoms with Crippen molar-refractivity contribution in [2.75, 3.05) is 18.6 Å². The number of aliphatic carboxylic acids is 1. The molecule has 0 aliphatic carbocycles. The van der Waals surface area contributed by atoms with Crippen LogP contribution in [-0.2, 0) is 24.1 Å². The molecule has 1 saturated heterocycles. The van der Waals surface area contributed by atoms with Crippen molar-refractivity contribution in [2.24, 2.45) is 5.16 Å². The van der Waals surface area contributed by atoms with Crippen LogP contribution in [0.25, 0.3) is 0 Å². The van der Waals surface area contributed by atoms with E-state index in [0.29, 0.717) is 5.69 Å². The van der Waals surface area contributed by atoms with E-state index < -0.39 is 22.1 Å². The maximum absolute atomic E-state index is 12.7. The lowest BCUT2D eigenvalue weighted by Crippen LogP contribution is -2.61. The number of fused-ring (bicyclic) bond motifs is 1. The minimum Gasteiger partial charge on any atom is -0.477 e. The molecule has 0 bridgehead atoms. The monoisotopic (exact) mass is 523 g/mol. The van der Waals surface area contributed by atoms with E-state index >= 15 is 0 Å². The second-order valence-electron chi connectivity index (χ2n) is 6.86. The number of nitrogens with one attached hydrogen (secondary N) is 2. The lowest BCUT2D eigenvalue weighted by molar-refractivity contribution is -0.146. The molecule has 2 aliphatic rings. The summed E-state index contributed by atoms with van der Waals surface area (Å²) in [6.45, 7) is 0. The Kier molecular flexibility index (Phi) is 6.63. The molecule has 2 aliphatic heterocycles. The number of rotatable bonds is 8. The molecule has 0 aromatic carbocycles. The van der Waals surface area contributed by atoms with E-state index in [4.69, 9.17) is 5.73 Å². The number of nitrogen functional groups attached to an aromatic ring is 1. The fourth-order valence-corrected chi connectivity index (χ4v) is 6.82. The lowest BCUT2D eigenvalue weighted by atomic mass is 9.98. The van der Waals surface area contributed by atoms with E-state index in [1.807, 2.05) is 0 Å². The number of anilines is 1. The highest BCUT2D eigenvalue weighted by Gasteiger charge is 2.56. The van der Waals surface area contributed by atoms with Gasteiger partial charge in [0, 0.05) is 29.0 Å². The molecular formula is C18H17N7O6S3. The first-order valence-electron chi connectivity index (χ1n) is 9.50. The van der Waals surface area contributed by atoms with Gasteiger partial charge >= 0.3 is 5.97 Å². The van der Waals surface area contributed by atoms with Gasteiger partial charge in [0.15, 0.2) is 15.2 Å². The Morgan fingerprint density at radius 3 is 2.94 bits per heavy atom. The quantitative estimate of drug-likeness (QED) is 0.121. The average molecular weight is 524 g/mol. The van der Waals surface area contributed by atoms with E-state index in [1.165, 1.54) is 24.3 Å². The standard InChI is InChI=1S/C18H17N7O6S3/c1-31-21-5-11(27)24-18(9-7-32-16(19)22-9)8(6-33-17-20-3-2-10(26)23-17)14(15(29)30)25-12(28)4-13(25)34-18/h2-3,5,7,13H,4,6H2,1H3,(H2,19,22)(H,24,27)(H,29,30)(H,20,23,26)/t13-,18?/m0/s1. The molecule has 4 rings (SSSR count). The summed E-state index contributed by atoms with van der Waals surface area (Å²) in [5.74, 6) is -2.45. The number of aromatic amines is 1. The van der Waals surface area contributed by atoms with Crippen LogP contribution in [0, 0.1) is 0 Å². The number of β-lactam (4-membered cyclic amide) rings is 1. The predicted molar refractivity (Wildman–Crippen MR) is 125 cm³/mol. The Morgan fingerprint density at radius 2 is 2.32 bits per heavy atom. The molecule has 0 saturated carbocycles. The average Bonchev–Trinajstić information content (AvgIpc) is 3.22.